The average Bonchev–Trinajstić information content (AvgIpc) is 3.80. The first-order valence-corrected chi connectivity index (χ1v) is 28.5. The van der Waals surface area contributed by atoms with Gasteiger partial charge in [0.2, 0.25) is 23.6 Å². The van der Waals surface area contributed by atoms with Gasteiger partial charge in [-0.15, -0.1) is 0 Å². The predicted octanol–water partition coefficient (Wildman–Crippen LogP) is 5.34. The van der Waals surface area contributed by atoms with Crippen LogP contribution in [-0.2, 0) is 71.5 Å². The number of hydrogen-bond acceptors (Lipinski definition) is 17. The molecule has 22 heteroatoms. The van der Waals surface area contributed by atoms with Crippen molar-refractivity contribution >= 4 is 53.6 Å². The number of rotatable bonds is 43. The maximum absolute atomic E-state index is 13.9. The van der Waals surface area contributed by atoms with Crippen LogP contribution in [0.2, 0.25) is 0 Å². The molecule has 0 heterocycles. The molecule has 2 aromatic rings. The predicted molar refractivity (Wildman–Crippen MR) is 297 cm³/mol. The molecule has 0 saturated heterocycles. The quantitative estimate of drug-likeness (QED) is 0.0277. The first-order chi connectivity index (χ1) is 38.7. The van der Waals surface area contributed by atoms with Crippen molar-refractivity contribution in [1.29, 1.82) is 0 Å². The second-order valence-corrected chi connectivity index (χ2v) is 19.4. The van der Waals surface area contributed by atoms with E-state index in [1.54, 1.807) is 0 Å². The van der Waals surface area contributed by atoms with Gasteiger partial charge in [-0.25, -0.2) is 14.4 Å². The number of fused-ring (bicyclic) bond motifs is 3. The summed E-state index contributed by atoms with van der Waals surface area (Å²) < 4.78 is 37.8. The van der Waals surface area contributed by atoms with Gasteiger partial charge in [0, 0.05) is 38.3 Å². The normalized spacial score (nSPS) is 13.0. The number of carbonyl (C=O) groups excluding carboxylic acids is 9. The molecule has 0 aliphatic heterocycles. The van der Waals surface area contributed by atoms with Crippen molar-refractivity contribution in [2.24, 2.45) is 5.73 Å². The Morgan fingerprint density at radius 3 is 1.54 bits per heavy atom. The van der Waals surface area contributed by atoms with Crippen molar-refractivity contribution in [2.45, 2.75) is 167 Å². The molecular formula is C58H88N6O16. The minimum absolute atomic E-state index is 0.0389. The molecule has 0 saturated carbocycles. The third kappa shape index (κ3) is 27.0. The minimum atomic E-state index is -1.42. The Morgan fingerprint density at radius 1 is 0.475 bits per heavy atom. The molecular weight excluding hydrogens is 1040 g/mol. The van der Waals surface area contributed by atoms with Crippen LogP contribution in [-0.4, -0.2) is 150 Å². The molecule has 0 radical (unpaired) electrons. The molecule has 22 nitrogen and oxygen atoms in total. The summed E-state index contributed by atoms with van der Waals surface area (Å²) >= 11 is 0. The average molecular weight is 1130 g/mol. The zero-order chi connectivity index (χ0) is 58.3. The molecule has 0 aromatic heterocycles. The van der Waals surface area contributed by atoms with E-state index in [0.717, 1.165) is 47.9 Å². The molecule has 80 heavy (non-hydrogen) atoms. The standard InChI is InChI=1S/C58H88N6O16/c1-5-9-32-76-52(67)28-25-48(56(71)78-34-11-7-3)63-50(65)27-24-47(55(70)64-49(57(72)79-35-12-8-4)26-29-53(68)77-33-10-6-2)62-51(66)40-75-38-37-74-36-31-60-54(69)46(59)23-17-18-30-61-58(73)80-39-45-43-21-15-13-19-41(43)42-20-14-16-22-44(42)45/h13-16,19-22,45-49H,5-12,17-18,23-40,59H2,1-4H3,(H,60,69)(H,61,73)(H,62,66)(H,63,65)(H,64,70). The number of benzene rings is 2. The van der Waals surface area contributed by atoms with E-state index in [0.29, 0.717) is 51.5 Å². The summed E-state index contributed by atoms with van der Waals surface area (Å²) in [6, 6.07) is 11.5. The zero-order valence-corrected chi connectivity index (χ0v) is 47.4. The molecule has 0 fully saturated rings. The van der Waals surface area contributed by atoms with Crippen LogP contribution in [0.3, 0.4) is 0 Å². The number of unbranched alkanes of at least 4 members (excludes halogenated alkanes) is 5. The third-order valence-corrected chi connectivity index (χ3v) is 12.9. The maximum atomic E-state index is 13.9. The van der Waals surface area contributed by atoms with E-state index in [1.807, 2.05) is 52.0 Å². The Bertz CT molecular complexity index is 2180. The molecule has 0 spiro atoms. The summed E-state index contributed by atoms with van der Waals surface area (Å²) in [6.07, 6.45) is 5.23. The molecule has 5 amide bonds. The molecule has 4 unspecified atom stereocenters. The third-order valence-electron chi connectivity index (χ3n) is 12.9. The van der Waals surface area contributed by atoms with Gasteiger partial charge in [0.05, 0.1) is 52.3 Å². The molecule has 446 valence electrons. The van der Waals surface area contributed by atoms with Crippen LogP contribution in [0.15, 0.2) is 48.5 Å². The van der Waals surface area contributed by atoms with E-state index < -0.39 is 84.9 Å². The number of alkyl carbamates (subject to hydrolysis) is 1. The Balaban J connectivity index is 1.46. The van der Waals surface area contributed by atoms with Crippen molar-refractivity contribution in [1.82, 2.24) is 26.6 Å². The number of esters is 4. The maximum Gasteiger partial charge on any atom is 0.407 e. The Kier molecular flexibility index (Phi) is 34.2. The Hall–Kier alpha value is -6.65. The Morgan fingerprint density at radius 2 is 0.975 bits per heavy atom. The van der Waals surface area contributed by atoms with Crippen LogP contribution in [0.4, 0.5) is 4.79 Å². The second-order valence-electron chi connectivity index (χ2n) is 19.4. The van der Waals surface area contributed by atoms with Gasteiger partial charge in [0.15, 0.2) is 0 Å². The van der Waals surface area contributed by atoms with Crippen LogP contribution in [0.5, 0.6) is 0 Å². The minimum Gasteiger partial charge on any atom is -0.466 e. The number of hydrogen-bond donors (Lipinski definition) is 6. The highest BCUT2D eigenvalue weighted by molar-refractivity contribution is 5.92. The highest BCUT2D eigenvalue weighted by Crippen LogP contribution is 2.44. The summed E-state index contributed by atoms with van der Waals surface area (Å²) in [5.74, 6) is -5.36. The van der Waals surface area contributed by atoms with Crippen LogP contribution >= 0.6 is 0 Å². The van der Waals surface area contributed by atoms with Crippen LogP contribution in [0, 0.1) is 0 Å². The molecule has 1 aliphatic rings. The van der Waals surface area contributed by atoms with Crippen LogP contribution in [0.25, 0.3) is 11.1 Å². The van der Waals surface area contributed by atoms with E-state index in [-0.39, 0.29) is 103 Å². The van der Waals surface area contributed by atoms with Gasteiger partial charge < -0.3 is 65.5 Å². The van der Waals surface area contributed by atoms with Gasteiger partial charge in [0.25, 0.3) is 0 Å². The SMILES string of the molecule is CCCCOC(=O)CCC(NC(=O)CCC(NC(=O)COCCOCCNC(=O)C(N)CCCCNC(=O)OCC1c2ccccc2-c2ccccc21)C(=O)NC(CCC(=O)OCCCC)C(=O)OCCCC)C(=O)OCCCC. The van der Waals surface area contributed by atoms with Gasteiger partial charge in [0.1, 0.15) is 31.3 Å². The fourth-order valence-electron chi connectivity index (χ4n) is 8.20. The van der Waals surface area contributed by atoms with E-state index in [2.05, 4.69) is 50.8 Å². The van der Waals surface area contributed by atoms with Gasteiger partial charge in [-0.3, -0.25) is 28.8 Å². The number of carbonyl (C=O) groups is 9. The number of nitrogens with one attached hydrogen (secondary N) is 5. The zero-order valence-electron chi connectivity index (χ0n) is 47.4. The lowest BCUT2D eigenvalue weighted by Crippen LogP contribution is -2.53. The van der Waals surface area contributed by atoms with Gasteiger partial charge in [-0.2, -0.15) is 0 Å². The summed E-state index contributed by atoms with van der Waals surface area (Å²) in [4.78, 5) is 117. The summed E-state index contributed by atoms with van der Waals surface area (Å²) in [5.41, 5.74) is 10.6. The lowest BCUT2D eigenvalue weighted by Gasteiger charge is -2.23. The topological polar surface area (TPSA) is 304 Å². The van der Waals surface area contributed by atoms with Crippen molar-refractivity contribution in [3.8, 4) is 11.1 Å². The Labute approximate surface area is 471 Å². The molecule has 1 aliphatic carbocycles. The van der Waals surface area contributed by atoms with Gasteiger partial charge in [-0.05, 0) is 86.5 Å². The molecule has 3 rings (SSSR count). The fourth-order valence-corrected chi connectivity index (χ4v) is 8.20. The van der Waals surface area contributed by atoms with E-state index in [9.17, 15) is 43.2 Å². The lowest BCUT2D eigenvalue weighted by atomic mass is 9.98. The van der Waals surface area contributed by atoms with Gasteiger partial charge >= 0.3 is 30.0 Å². The van der Waals surface area contributed by atoms with E-state index in [1.165, 1.54) is 0 Å². The van der Waals surface area contributed by atoms with Crippen LogP contribution in [0.1, 0.15) is 154 Å². The monoisotopic (exact) mass is 1120 g/mol. The summed E-state index contributed by atoms with van der Waals surface area (Å²) in [5, 5.41) is 13.2. The number of nitrogens with two attached hydrogens (primary N) is 1. The highest BCUT2D eigenvalue weighted by Gasteiger charge is 2.31. The van der Waals surface area contributed by atoms with Crippen molar-refractivity contribution in [2.75, 3.05) is 72.6 Å². The number of ether oxygens (including phenoxy) is 7. The van der Waals surface area contributed by atoms with E-state index >= 15 is 0 Å². The molecule has 2 aromatic carbocycles. The van der Waals surface area contributed by atoms with Gasteiger partial charge in [-0.1, -0.05) is 102 Å². The number of amides is 5. The largest absolute Gasteiger partial charge is 0.466 e. The van der Waals surface area contributed by atoms with Crippen molar-refractivity contribution in [3.05, 3.63) is 59.7 Å². The lowest BCUT2D eigenvalue weighted by molar-refractivity contribution is -0.150. The highest BCUT2D eigenvalue weighted by atomic mass is 16.6. The van der Waals surface area contributed by atoms with Crippen molar-refractivity contribution in [3.63, 3.8) is 0 Å². The first-order valence-electron chi connectivity index (χ1n) is 28.5. The van der Waals surface area contributed by atoms with E-state index in [4.69, 9.17) is 38.9 Å². The second kappa shape index (κ2) is 40.5. The summed E-state index contributed by atoms with van der Waals surface area (Å²) in [6.45, 7) is 8.60. The molecule has 7 N–H and O–H groups in total. The summed E-state index contributed by atoms with van der Waals surface area (Å²) in [7, 11) is 0. The van der Waals surface area contributed by atoms with Crippen LogP contribution < -0.4 is 32.3 Å². The first kappa shape index (κ1) is 67.6. The molecule has 0 bridgehead atoms. The smallest absolute Gasteiger partial charge is 0.407 e. The fraction of sp³-hybridized carbons (Fsp3) is 0.638. The molecule has 4 atom stereocenters. The van der Waals surface area contributed by atoms with Crippen molar-refractivity contribution < 1.29 is 76.3 Å².